The lowest BCUT2D eigenvalue weighted by Crippen LogP contribution is -2.28. The van der Waals surface area contributed by atoms with E-state index < -0.39 is 15.7 Å². The molecule has 17 heavy (non-hydrogen) atoms. The lowest BCUT2D eigenvalue weighted by Gasteiger charge is -2.15. The van der Waals surface area contributed by atoms with Crippen LogP contribution < -0.4 is 5.56 Å². The summed E-state index contributed by atoms with van der Waals surface area (Å²) in [5.41, 5.74) is -0.670. The first-order chi connectivity index (χ1) is 7.80. The van der Waals surface area contributed by atoms with Crippen LogP contribution in [0.1, 0.15) is 12.8 Å². The molecule has 1 heterocycles. The van der Waals surface area contributed by atoms with Gasteiger partial charge in [-0.25, -0.2) is 12.8 Å². The van der Waals surface area contributed by atoms with Crippen molar-refractivity contribution in [3.63, 3.8) is 0 Å². The quantitative estimate of drug-likeness (QED) is 0.804. The van der Waals surface area contributed by atoms with E-state index in [4.69, 9.17) is 0 Å². The van der Waals surface area contributed by atoms with Gasteiger partial charge in [-0.3, -0.25) is 4.79 Å². The van der Waals surface area contributed by atoms with Crippen LogP contribution in [0, 0.1) is 11.2 Å². The average molecular weight is 259 g/mol. The first kappa shape index (κ1) is 12.3. The Morgan fingerprint density at radius 3 is 2.59 bits per heavy atom. The molecule has 6 heteroatoms. The van der Waals surface area contributed by atoms with Gasteiger partial charge in [-0.2, -0.15) is 0 Å². The number of aromatic nitrogens is 1. The van der Waals surface area contributed by atoms with Gasteiger partial charge in [-0.15, -0.1) is 0 Å². The summed E-state index contributed by atoms with van der Waals surface area (Å²) in [4.78, 5) is 11.5. The molecule has 0 atom stereocenters. The van der Waals surface area contributed by atoms with Gasteiger partial charge in [0.25, 0.3) is 5.56 Å². The van der Waals surface area contributed by atoms with Crippen molar-refractivity contribution >= 4 is 9.84 Å². The van der Waals surface area contributed by atoms with Gasteiger partial charge >= 0.3 is 0 Å². The predicted molar refractivity (Wildman–Crippen MR) is 62.0 cm³/mol. The van der Waals surface area contributed by atoms with Crippen molar-refractivity contribution in [3.8, 4) is 0 Å². The Bertz CT molecular complexity index is 587. The Morgan fingerprint density at radius 2 is 2.06 bits per heavy atom. The molecule has 0 aliphatic heterocycles. The van der Waals surface area contributed by atoms with Gasteiger partial charge in [0.15, 0.2) is 0 Å². The van der Waals surface area contributed by atoms with Gasteiger partial charge < -0.3 is 4.57 Å². The molecule has 94 valence electrons. The average Bonchev–Trinajstić information content (AvgIpc) is 2.88. The summed E-state index contributed by atoms with van der Waals surface area (Å²) < 4.78 is 36.8. The van der Waals surface area contributed by atoms with E-state index in [9.17, 15) is 17.6 Å². The molecule has 0 radical (unpaired) electrons. The van der Waals surface area contributed by atoms with Crippen LogP contribution in [0.15, 0.2) is 23.1 Å². The molecule has 0 aromatic carbocycles. The maximum atomic E-state index is 13.0. The van der Waals surface area contributed by atoms with E-state index in [-0.39, 0.29) is 23.3 Å². The van der Waals surface area contributed by atoms with Gasteiger partial charge in [-0.1, -0.05) is 0 Å². The summed E-state index contributed by atoms with van der Waals surface area (Å²) in [6.07, 6.45) is 3.85. The summed E-state index contributed by atoms with van der Waals surface area (Å²) in [5, 5.41) is 0. The number of nitrogens with zero attached hydrogens (tertiary/aromatic N) is 1. The van der Waals surface area contributed by atoms with E-state index in [1.54, 1.807) is 0 Å². The third-order valence-corrected chi connectivity index (χ3v) is 4.12. The molecule has 0 bridgehead atoms. The fraction of sp³-hybridized carbons (Fsp3) is 0.545. The molecule has 1 aromatic heterocycles. The van der Waals surface area contributed by atoms with Crippen molar-refractivity contribution in [2.24, 2.45) is 5.41 Å². The second-order valence-electron chi connectivity index (χ2n) is 4.88. The van der Waals surface area contributed by atoms with Gasteiger partial charge in [-0.05, 0) is 18.9 Å². The molecule has 0 N–H and O–H groups in total. The molecule has 1 fully saturated rings. The highest BCUT2D eigenvalue weighted by Crippen LogP contribution is 2.47. The molecular formula is C11H14FNO3S. The second kappa shape index (κ2) is 3.94. The lowest BCUT2D eigenvalue weighted by molar-refractivity contribution is 0.443. The van der Waals surface area contributed by atoms with Crippen molar-refractivity contribution in [2.45, 2.75) is 19.4 Å². The highest BCUT2D eigenvalue weighted by atomic mass is 32.2. The van der Waals surface area contributed by atoms with E-state index in [1.165, 1.54) is 10.8 Å². The Kier molecular flexibility index (Phi) is 2.85. The molecule has 0 saturated heterocycles. The maximum absolute atomic E-state index is 13.0. The largest absolute Gasteiger partial charge is 0.312 e. The first-order valence-corrected chi connectivity index (χ1v) is 7.40. The van der Waals surface area contributed by atoms with Crippen LogP contribution in [0.25, 0.3) is 0 Å². The van der Waals surface area contributed by atoms with Crippen molar-refractivity contribution < 1.29 is 12.8 Å². The zero-order valence-electron chi connectivity index (χ0n) is 9.52. The van der Waals surface area contributed by atoms with Crippen LogP contribution in [-0.4, -0.2) is 25.0 Å². The van der Waals surface area contributed by atoms with Crippen LogP contribution >= 0.6 is 0 Å². The number of pyridine rings is 1. The summed E-state index contributed by atoms with van der Waals surface area (Å²) in [5.74, 6) is -0.428. The zero-order valence-corrected chi connectivity index (χ0v) is 10.3. The standard InChI is InChI=1S/C11H14FNO3S/c1-17(15,16)8-11(4-5-11)7-13-6-9(12)2-3-10(13)14/h2-3,6H,4-5,7-8H2,1H3. The smallest absolute Gasteiger partial charge is 0.250 e. The van der Waals surface area contributed by atoms with Gasteiger partial charge in [0, 0.05) is 30.5 Å². The second-order valence-corrected chi connectivity index (χ2v) is 7.02. The summed E-state index contributed by atoms with van der Waals surface area (Å²) >= 11 is 0. The van der Waals surface area contributed by atoms with E-state index in [0.29, 0.717) is 0 Å². The fourth-order valence-electron chi connectivity index (χ4n) is 2.07. The van der Waals surface area contributed by atoms with E-state index >= 15 is 0 Å². The molecule has 0 amide bonds. The predicted octanol–water partition coefficient (Wildman–Crippen LogP) is 0.812. The van der Waals surface area contributed by atoms with Gasteiger partial charge in [0.2, 0.25) is 0 Å². The van der Waals surface area contributed by atoms with Crippen LogP contribution in [0.3, 0.4) is 0 Å². The van der Waals surface area contributed by atoms with Crippen molar-refractivity contribution in [1.29, 1.82) is 0 Å². The highest BCUT2D eigenvalue weighted by molar-refractivity contribution is 7.90. The number of halogens is 1. The minimum Gasteiger partial charge on any atom is -0.312 e. The Balaban J connectivity index is 2.21. The first-order valence-electron chi connectivity index (χ1n) is 5.33. The van der Waals surface area contributed by atoms with Crippen LogP contribution in [0.2, 0.25) is 0 Å². The van der Waals surface area contributed by atoms with E-state index in [1.807, 2.05) is 0 Å². The maximum Gasteiger partial charge on any atom is 0.250 e. The SMILES string of the molecule is CS(=O)(=O)CC1(Cn2cc(F)ccc2=O)CC1. The molecule has 1 aromatic rings. The van der Waals surface area contributed by atoms with Crippen molar-refractivity contribution in [1.82, 2.24) is 4.57 Å². The van der Waals surface area contributed by atoms with E-state index in [2.05, 4.69) is 0 Å². The van der Waals surface area contributed by atoms with E-state index in [0.717, 1.165) is 31.2 Å². The number of sulfone groups is 1. The lowest BCUT2D eigenvalue weighted by atomic mass is 10.1. The third kappa shape index (κ3) is 3.15. The fourth-order valence-corrected chi connectivity index (χ4v) is 3.56. The Hall–Kier alpha value is -1.17. The monoisotopic (exact) mass is 259 g/mol. The molecule has 0 unspecified atom stereocenters. The number of hydrogen-bond donors (Lipinski definition) is 0. The number of hydrogen-bond acceptors (Lipinski definition) is 3. The molecular weight excluding hydrogens is 245 g/mol. The Labute approximate surface area is 99.0 Å². The topological polar surface area (TPSA) is 56.1 Å². The normalized spacial score (nSPS) is 18.0. The number of rotatable bonds is 4. The minimum atomic E-state index is -3.07. The molecule has 1 aliphatic carbocycles. The van der Waals surface area contributed by atoms with Crippen LogP contribution in [0.4, 0.5) is 4.39 Å². The summed E-state index contributed by atoms with van der Waals surface area (Å²) in [6, 6.07) is 2.26. The van der Waals surface area contributed by atoms with Crippen LogP contribution in [-0.2, 0) is 16.4 Å². The minimum absolute atomic E-state index is 0.0585. The van der Waals surface area contributed by atoms with Gasteiger partial charge in [0.05, 0.1) is 5.75 Å². The zero-order chi connectivity index (χ0) is 12.7. The van der Waals surface area contributed by atoms with Crippen molar-refractivity contribution in [3.05, 3.63) is 34.5 Å². The van der Waals surface area contributed by atoms with Crippen LogP contribution in [0.5, 0.6) is 0 Å². The third-order valence-electron chi connectivity index (χ3n) is 2.98. The summed E-state index contributed by atoms with van der Waals surface area (Å²) in [7, 11) is -3.07. The summed E-state index contributed by atoms with van der Waals surface area (Å²) in [6.45, 7) is 0.274. The van der Waals surface area contributed by atoms with Crippen molar-refractivity contribution in [2.75, 3.05) is 12.0 Å². The Morgan fingerprint density at radius 1 is 1.41 bits per heavy atom. The highest BCUT2D eigenvalue weighted by Gasteiger charge is 2.45. The van der Waals surface area contributed by atoms with Gasteiger partial charge in [0.1, 0.15) is 15.7 Å². The molecule has 2 rings (SSSR count). The molecule has 1 saturated carbocycles. The molecule has 4 nitrogen and oxygen atoms in total. The molecule has 1 aliphatic rings. The molecule has 0 spiro atoms.